The second-order valence-corrected chi connectivity index (χ2v) is 8.18. The number of para-hydroxylation sites is 1. The van der Waals surface area contributed by atoms with Gasteiger partial charge in [0.2, 0.25) is 10.0 Å². The Balaban J connectivity index is 1.86. The molecule has 116 valence electrons. The Morgan fingerprint density at radius 3 is 2.67 bits per heavy atom. The zero-order valence-corrected chi connectivity index (χ0v) is 13.1. The highest BCUT2D eigenvalue weighted by atomic mass is 32.2. The highest BCUT2D eigenvalue weighted by Gasteiger charge is 2.32. The van der Waals surface area contributed by atoms with Crippen molar-refractivity contribution in [3.8, 4) is 5.75 Å². The summed E-state index contributed by atoms with van der Waals surface area (Å²) in [6, 6.07) is 5.27. The Hall–Kier alpha value is -1.23. The second kappa shape index (κ2) is 5.87. The molecule has 2 aliphatic rings. The summed E-state index contributed by atoms with van der Waals surface area (Å²) in [5.74, 6) is 0.584. The van der Waals surface area contributed by atoms with E-state index in [-0.39, 0.29) is 17.4 Å². The van der Waals surface area contributed by atoms with Crippen molar-refractivity contribution >= 4 is 15.7 Å². The first-order valence-electron chi connectivity index (χ1n) is 7.89. The van der Waals surface area contributed by atoms with Gasteiger partial charge in [0, 0.05) is 6.54 Å². The molecule has 0 aromatic heterocycles. The minimum absolute atomic E-state index is 0.0828. The largest absolute Gasteiger partial charge is 0.506 e. The van der Waals surface area contributed by atoms with Gasteiger partial charge in [-0.3, -0.25) is 4.31 Å². The molecule has 1 saturated carbocycles. The lowest BCUT2D eigenvalue weighted by molar-refractivity contribution is 0.384. The SMILES string of the molecule is O=S(=O)(CC1CCCCC1)N1CCCc2cccc(O)c21. The number of phenolic OH excluding ortho intramolecular Hbond substituents is 1. The molecule has 21 heavy (non-hydrogen) atoms. The van der Waals surface area contributed by atoms with Crippen molar-refractivity contribution in [2.45, 2.75) is 44.9 Å². The van der Waals surface area contributed by atoms with Crippen LogP contribution in [0.2, 0.25) is 0 Å². The minimum atomic E-state index is -3.35. The van der Waals surface area contributed by atoms with Gasteiger partial charge in [-0.1, -0.05) is 31.4 Å². The smallest absolute Gasteiger partial charge is 0.235 e. The van der Waals surface area contributed by atoms with E-state index in [1.165, 1.54) is 10.7 Å². The van der Waals surface area contributed by atoms with E-state index in [1.807, 2.05) is 6.07 Å². The van der Waals surface area contributed by atoms with Crippen LogP contribution in [-0.4, -0.2) is 25.8 Å². The van der Waals surface area contributed by atoms with Gasteiger partial charge >= 0.3 is 0 Å². The van der Waals surface area contributed by atoms with Gasteiger partial charge in [-0.2, -0.15) is 0 Å². The molecule has 1 heterocycles. The fourth-order valence-electron chi connectivity index (χ4n) is 3.61. The summed E-state index contributed by atoms with van der Waals surface area (Å²) >= 11 is 0. The topological polar surface area (TPSA) is 57.6 Å². The predicted molar refractivity (Wildman–Crippen MR) is 84.1 cm³/mol. The van der Waals surface area contributed by atoms with Crippen LogP contribution in [-0.2, 0) is 16.4 Å². The van der Waals surface area contributed by atoms with Gasteiger partial charge in [0.05, 0.1) is 11.4 Å². The monoisotopic (exact) mass is 309 g/mol. The number of nitrogens with zero attached hydrogens (tertiary/aromatic N) is 1. The van der Waals surface area contributed by atoms with Crippen LogP contribution in [0.25, 0.3) is 0 Å². The molecule has 1 aliphatic carbocycles. The highest BCUT2D eigenvalue weighted by molar-refractivity contribution is 7.92. The number of rotatable bonds is 3. The molecule has 0 atom stereocenters. The molecule has 0 spiro atoms. The van der Waals surface area contributed by atoms with Gasteiger partial charge in [-0.25, -0.2) is 8.42 Å². The Morgan fingerprint density at radius 2 is 1.90 bits per heavy atom. The van der Waals surface area contributed by atoms with Crippen LogP contribution >= 0.6 is 0 Å². The van der Waals surface area contributed by atoms with E-state index in [9.17, 15) is 13.5 Å². The quantitative estimate of drug-likeness (QED) is 0.933. The van der Waals surface area contributed by atoms with Crippen LogP contribution in [0.3, 0.4) is 0 Å². The molecule has 0 amide bonds. The summed E-state index contributed by atoms with van der Waals surface area (Å²) in [4.78, 5) is 0. The van der Waals surface area contributed by atoms with Crippen molar-refractivity contribution in [1.29, 1.82) is 0 Å². The van der Waals surface area contributed by atoms with Gasteiger partial charge in [-0.15, -0.1) is 0 Å². The van der Waals surface area contributed by atoms with Crippen molar-refractivity contribution in [2.75, 3.05) is 16.6 Å². The average Bonchev–Trinajstić information content (AvgIpc) is 2.47. The molecule has 3 rings (SSSR count). The van der Waals surface area contributed by atoms with Gasteiger partial charge in [0.1, 0.15) is 5.75 Å². The fraction of sp³-hybridized carbons (Fsp3) is 0.625. The molecule has 1 aromatic carbocycles. The maximum absolute atomic E-state index is 12.8. The molecular weight excluding hydrogens is 286 g/mol. The standard InChI is InChI=1S/C16H23NO3S/c18-15-10-4-8-14-9-5-11-17(16(14)15)21(19,20)12-13-6-2-1-3-7-13/h4,8,10,13,18H,1-3,5-7,9,11-12H2. The van der Waals surface area contributed by atoms with Crippen LogP contribution in [0, 0.1) is 5.92 Å². The molecule has 1 aliphatic heterocycles. The van der Waals surface area contributed by atoms with Crippen LogP contribution in [0.1, 0.15) is 44.1 Å². The third kappa shape index (κ3) is 3.03. The summed E-state index contributed by atoms with van der Waals surface area (Å²) in [7, 11) is -3.35. The van der Waals surface area contributed by atoms with E-state index < -0.39 is 10.0 Å². The van der Waals surface area contributed by atoms with Gasteiger partial charge < -0.3 is 5.11 Å². The Bertz CT molecular complexity index is 606. The number of benzene rings is 1. The third-order valence-electron chi connectivity index (χ3n) is 4.66. The zero-order valence-electron chi connectivity index (χ0n) is 12.3. The normalized spacial score (nSPS) is 20.3. The second-order valence-electron chi connectivity index (χ2n) is 6.24. The first-order valence-corrected chi connectivity index (χ1v) is 9.50. The lowest BCUT2D eigenvalue weighted by atomic mass is 9.91. The summed E-state index contributed by atoms with van der Waals surface area (Å²) in [6.45, 7) is 0.486. The fourth-order valence-corrected chi connectivity index (χ4v) is 5.62. The molecule has 4 nitrogen and oxygen atoms in total. The number of phenols is 1. The van der Waals surface area contributed by atoms with Crippen molar-refractivity contribution in [2.24, 2.45) is 5.92 Å². The number of fused-ring (bicyclic) bond motifs is 1. The first kappa shape index (κ1) is 14.7. The highest BCUT2D eigenvalue weighted by Crippen LogP contribution is 2.38. The summed E-state index contributed by atoms with van der Waals surface area (Å²) in [5.41, 5.74) is 1.45. The molecule has 1 fully saturated rings. The number of hydrogen-bond acceptors (Lipinski definition) is 3. The molecular formula is C16H23NO3S. The Morgan fingerprint density at radius 1 is 1.14 bits per heavy atom. The van der Waals surface area contributed by atoms with E-state index in [4.69, 9.17) is 0 Å². The van der Waals surface area contributed by atoms with E-state index >= 15 is 0 Å². The molecule has 1 aromatic rings. The lowest BCUT2D eigenvalue weighted by Crippen LogP contribution is -2.39. The summed E-state index contributed by atoms with van der Waals surface area (Å²) in [6.07, 6.45) is 7.19. The van der Waals surface area contributed by atoms with Crippen LogP contribution < -0.4 is 4.31 Å². The van der Waals surface area contributed by atoms with Gasteiger partial charge in [0.15, 0.2) is 0 Å². The number of sulfonamides is 1. The number of aryl methyl sites for hydroxylation is 1. The van der Waals surface area contributed by atoms with E-state index in [0.29, 0.717) is 12.2 Å². The molecule has 5 heteroatoms. The minimum Gasteiger partial charge on any atom is -0.506 e. The van der Waals surface area contributed by atoms with Crippen molar-refractivity contribution in [3.63, 3.8) is 0 Å². The maximum atomic E-state index is 12.8. The van der Waals surface area contributed by atoms with Crippen LogP contribution in [0.15, 0.2) is 18.2 Å². The van der Waals surface area contributed by atoms with Crippen LogP contribution in [0.5, 0.6) is 5.75 Å². The molecule has 0 bridgehead atoms. The van der Waals surface area contributed by atoms with E-state index in [2.05, 4.69) is 0 Å². The zero-order chi connectivity index (χ0) is 14.9. The number of aromatic hydroxyl groups is 1. The third-order valence-corrected chi connectivity index (χ3v) is 6.59. The summed E-state index contributed by atoms with van der Waals surface area (Å²) in [5, 5.41) is 10.1. The molecule has 0 radical (unpaired) electrons. The van der Waals surface area contributed by atoms with E-state index in [0.717, 1.165) is 44.1 Å². The molecule has 0 unspecified atom stereocenters. The molecule has 1 N–H and O–H groups in total. The first-order chi connectivity index (χ1) is 10.1. The van der Waals surface area contributed by atoms with Crippen molar-refractivity contribution in [3.05, 3.63) is 23.8 Å². The Kier molecular flexibility index (Phi) is 4.11. The Labute approximate surface area is 126 Å². The summed E-state index contributed by atoms with van der Waals surface area (Å²) < 4.78 is 27.0. The number of anilines is 1. The maximum Gasteiger partial charge on any atom is 0.235 e. The van der Waals surface area contributed by atoms with Gasteiger partial charge in [0.25, 0.3) is 0 Å². The van der Waals surface area contributed by atoms with Crippen LogP contribution in [0.4, 0.5) is 5.69 Å². The van der Waals surface area contributed by atoms with Crippen molar-refractivity contribution < 1.29 is 13.5 Å². The van der Waals surface area contributed by atoms with Crippen molar-refractivity contribution in [1.82, 2.24) is 0 Å². The predicted octanol–water partition coefficient (Wildman–Crippen LogP) is 3.05. The average molecular weight is 309 g/mol. The van der Waals surface area contributed by atoms with E-state index in [1.54, 1.807) is 12.1 Å². The molecule has 0 saturated heterocycles. The lowest BCUT2D eigenvalue weighted by Gasteiger charge is -2.33. The van der Waals surface area contributed by atoms with Gasteiger partial charge in [-0.05, 0) is 43.2 Å². The number of hydrogen-bond donors (Lipinski definition) is 1.